The number of hydrogen-bond acceptors (Lipinski definition) is 5. The van der Waals surface area contributed by atoms with Crippen LogP contribution in [0, 0.1) is 9.81 Å². The smallest absolute Gasteiger partial charge is 0.254 e. The van der Waals surface area contributed by atoms with Gasteiger partial charge in [0.1, 0.15) is 0 Å². The summed E-state index contributed by atoms with van der Waals surface area (Å²) in [6.45, 7) is 6.37. The van der Waals surface area contributed by atoms with Crippen LogP contribution in [0.4, 0.5) is 0 Å². The van der Waals surface area contributed by atoms with E-state index in [9.17, 15) is 4.79 Å². The Labute approximate surface area is 145 Å². The number of aromatic nitrogens is 1. The average Bonchev–Trinajstić information content (AvgIpc) is 3.08. The zero-order valence-electron chi connectivity index (χ0n) is 11.7. The monoisotopic (exact) mass is 433 g/mol. The summed E-state index contributed by atoms with van der Waals surface area (Å²) >= 11 is 5.58. The van der Waals surface area contributed by atoms with Crippen molar-refractivity contribution in [3.8, 4) is 0 Å². The second-order valence-corrected chi connectivity index (χ2v) is 8.93. The molecule has 3 heterocycles. The molecule has 2 aromatic heterocycles. The molecule has 0 atom stereocenters. The van der Waals surface area contributed by atoms with Gasteiger partial charge in [0.25, 0.3) is 5.91 Å². The molecule has 4 nitrogen and oxygen atoms in total. The number of carbonyl (C=O) groups excluding carboxylic acids is 1. The molecule has 1 saturated heterocycles. The zero-order chi connectivity index (χ0) is 14.8. The molecule has 0 aliphatic carbocycles. The van der Waals surface area contributed by atoms with Crippen molar-refractivity contribution < 1.29 is 4.79 Å². The van der Waals surface area contributed by atoms with E-state index in [1.54, 1.807) is 22.7 Å². The number of nitrogens with zero attached hydrogens (tertiary/aromatic N) is 3. The molecule has 1 fully saturated rings. The molecular formula is C14H16IN3OS2. The average molecular weight is 433 g/mol. The van der Waals surface area contributed by atoms with Gasteiger partial charge in [0.2, 0.25) is 0 Å². The highest BCUT2D eigenvalue weighted by Crippen LogP contribution is 2.19. The first-order valence-electron chi connectivity index (χ1n) is 6.78. The van der Waals surface area contributed by atoms with Gasteiger partial charge in [-0.1, -0.05) is 0 Å². The van der Waals surface area contributed by atoms with Crippen molar-refractivity contribution >= 4 is 51.2 Å². The van der Waals surface area contributed by atoms with Gasteiger partial charge < -0.3 is 4.90 Å². The van der Waals surface area contributed by atoms with Crippen LogP contribution in [-0.4, -0.2) is 46.9 Å². The maximum atomic E-state index is 12.4. The molecule has 0 spiro atoms. The number of amides is 1. The number of hydrogen-bond donors (Lipinski definition) is 0. The van der Waals surface area contributed by atoms with Gasteiger partial charge in [-0.15, -0.1) is 22.7 Å². The molecule has 1 aliphatic rings. The summed E-state index contributed by atoms with van der Waals surface area (Å²) in [7, 11) is 0. The predicted octanol–water partition coefficient (Wildman–Crippen LogP) is 3.08. The molecule has 0 unspecified atom stereocenters. The van der Waals surface area contributed by atoms with E-state index in [4.69, 9.17) is 0 Å². The Morgan fingerprint density at radius 3 is 2.62 bits per heavy atom. The Morgan fingerprint density at radius 1 is 1.29 bits per heavy atom. The Morgan fingerprint density at radius 2 is 2.05 bits per heavy atom. The van der Waals surface area contributed by atoms with E-state index in [0.717, 1.165) is 51.9 Å². The van der Waals surface area contributed by atoms with E-state index in [2.05, 4.69) is 37.9 Å². The second-order valence-electron chi connectivity index (χ2n) is 5.07. The first kappa shape index (κ1) is 15.4. The maximum absolute atomic E-state index is 12.4. The highest BCUT2D eigenvalue weighted by Gasteiger charge is 2.23. The van der Waals surface area contributed by atoms with Crippen molar-refractivity contribution in [3.63, 3.8) is 0 Å². The van der Waals surface area contributed by atoms with Crippen molar-refractivity contribution in [1.82, 2.24) is 14.8 Å². The van der Waals surface area contributed by atoms with Crippen LogP contribution < -0.4 is 0 Å². The van der Waals surface area contributed by atoms with Crippen LogP contribution >= 0.6 is 45.3 Å². The summed E-state index contributed by atoms with van der Waals surface area (Å²) in [6.07, 6.45) is 0. The highest BCUT2D eigenvalue weighted by atomic mass is 127. The summed E-state index contributed by atoms with van der Waals surface area (Å²) in [6, 6.07) is 1.97. The number of thiazole rings is 1. The minimum absolute atomic E-state index is 0.165. The fraction of sp³-hybridized carbons (Fsp3) is 0.429. The van der Waals surface area contributed by atoms with Gasteiger partial charge in [0.15, 0.2) is 0 Å². The Kier molecular flexibility index (Phi) is 4.92. The van der Waals surface area contributed by atoms with Gasteiger partial charge in [-0.05, 0) is 35.6 Å². The summed E-state index contributed by atoms with van der Waals surface area (Å²) in [4.78, 5) is 21.2. The molecular weight excluding hydrogens is 417 g/mol. The van der Waals surface area contributed by atoms with E-state index in [1.807, 2.05) is 23.3 Å². The van der Waals surface area contributed by atoms with E-state index in [0.29, 0.717) is 0 Å². The molecule has 2 aromatic rings. The molecule has 0 radical (unpaired) electrons. The van der Waals surface area contributed by atoms with Crippen LogP contribution in [0.5, 0.6) is 0 Å². The minimum Gasteiger partial charge on any atom is -0.336 e. The van der Waals surface area contributed by atoms with E-state index in [1.165, 1.54) is 0 Å². The van der Waals surface area contributed by atoms with Crippen LogP contribution in [0.2, 0.25) is 0 Å². The van der Waals surface area contributed by atoms with Crippen LogP contribution in [0.15, 0.2) is 16.8 Å². The third kappa shape index (κ3) is 3.82. The number of aryl methyl sites for hydroxylation is 1. The maximum Gasteiger partial charge on any atom is 0.254 e. The van der Waals surface area contributed by atoms with Gasteiger partial charge >= 0.3 is 0 Å². The Balaban J connectivity index is 1.54. The first-order chi connectivity index (χ1) is 10.1. The molecule has 0 N–H and O–H groups in total. The van der Waals surface area contributed by atoms with E-state index in [-0.39, 0.29) is 5.91 Å². The van der Waals surface area contributed by atoms with Gasteiger partial charge in [-0.25, -0.2) is 4.98 Å². The van der Waals surface area contributed by atoms with Crippen LogP contribution in [0.3, 0.4) is 0 Å². The lowest BCUT2D eigenvalue weighted by Gasteiger charge is -2.34. The lowest BCUT2D eigenvalue weighted by molar-refractivity contribution is 0.0628. The molecule has 21 heavy (non-hydrogen) atoms. The summed E-state index contributed by atoms with van der Waals surface area (Å²) in [5.41, 5.74) is 1.97. The summed E-state index contributed by atoms with van der Waals surface area (Å²) in [5.74, 6) is 0.165. The molecule has 112 valence electrons. The van der Waals surface area contributed by atoms with Crippen molar-refractivity contribution in [3.05, 3.63) is 36.0 Å². The highest BCUT2D eigenvalue weighted by molar-refractivity contribution is 14.1. The van der Waals surface area contributed by atoms with Crippen LogP contribution in [-0.2, 0) is 6.54 Å². The fourth-order valence-corrected chi connectivity index (χ4v) is 4.35. The van der Waals surface area contributed by atoms with Gasteiger partial charge in [0.05, 0.1) is 19.1 Å². The van der Waals surface area contributed by atoms with Gasteiger partial charge in [0, 0.05) is 43.5 Å². The fourth-order valence-electron chi connectivity index (χ4n) is 2.42. The van der Waals surface area contributed by atoms with Crippen LogP contribution in [0.25, 0.3) is 0 Å². The van der Waals surface area contributed by atoms with Gasteiger partial charge in [-0.2, -0.15) is 0 Å². The largest absolute Gasteiger partial charge is 0.336 e. The first-order valence-corrected chi connectivity index (χ1v) is 9.62. The summed E-state index contributed by atoms with van der Waals surface area (Å²) < 4.78 is 1.16. The predicted molar refractivity (Wildman–Crippen MR) is 95.1 cm³/mol. The Bertz CT molecular complexity index is 632. The molecule has 1 aliphatic heterocycles. The van der Waals surface area contributed by atoms with Crippen molar-refractivity contribution in [2.45, 2.75) is 13.5 Å². The van der Waals surface area contributed by atoms with Crippen molar-refractivity contribution in [2.75, 3.05) is 26.2 Å². The standard InChI is InChI=1S/C14H16IN3OS2/c1-10-16-12(9-20-10)7-17-2-4-18(5-3-17)14(19)11-6-13(15)21-8-11/h6,8-9H,2-5,7H2,1H3. The number of halogens is 1. The lowest BCUT2D eigenvalue weighted by Crippen LogP contribution is -2.48. The molecule has 0 bridgehead atoms. The lowest BCUT2D eigenvalue weighted by atomic mass is 10.2. The van der Waals surface area contributed by atoms with E-state index < -0.39 is 0 Å². The third-order valence-electron chi connectivity index (χ3n) is 3.53. The third-order valence-corrected chi connectivity index (χ3v) is 6.14. The SMILES string of the molecule is Cc1nc(CN2CCN(C(=O)c3csc(I)c3)CC2)cs1. The van der Waals surface area contributed by atoms with E-state index >= 15 is 0 Å². The molecule has 0 saturated carbocycles. The minimum atomic E-state index is 0.165. The molecule has 7 heteroatoms. The molecule has 0 aromatic carbocycles. The molecule has 3 rings (SSSR count). The van der Waals surface area contributed by atoms with Crippen molar-refractivity contribution in [2.24, 2.45) is 0 Å². The number of thiophene rings is 1. The Hall–Kier alpha value is -0.510. The van der Waals surface area contributed by atoms with Crippen LogP contribution in [0.1, 0.15) is 21.1 Å². The summed E-state index contributed by atoms with van der Waals surface area (Å²) in [5, 5.41) is 5.19. The molecule has 1 amide bonds. The zero-order valence-corrected chi connectivity index (χ0v) is 15.5. The normalized spacial score (nSPS) is 16.4. The second kappa shape index (κ2) is 6.72. The van der Waals surface area contributed by atoms with Crippen molar-refractivity contribution in [1.29, 1.82) is 0 Å². The number of piperazine rings is 1. The number of carbonyl (C=O) groups is 1. The number of rotatable bonds is 3. The topological polar surface area (TPSA) is 36.4 Å². The van der Waals surface area contributed by atoms with Gasteiger partial charge in [-0.3, -0.25) is 9.69 Å². The quantitative estimate of drug-likeness (QED) is 0.699.